The van der Waals surface area contributed by atoms with Crippen LogP contribution in [0, 0.1) is 35.0 Å². The van der Waals surface area contributed by atoms with Gasteiger partial charge in [0.15, 0.2) is 5.78 Å². The van der Waals surface area contributed by atoms with Crippen LogP contribution in [0.3, 0.4) is 0 Å². The van der Waals surface area contributed by atoms with Crippen LogP contribution in [-0.4, -0.2) is 47.9 Å². The van der Waals surface area contributed by atoms with Gasteiger partial charge in [-0.2, -0.15) is 5.26 Å². The minimum atomic E-state index is -0.690. The molecular formula is C23H28N4O2. The average molecular weight is 393 g/mol. The third kappa shape index (κ3) is 3.50. The normalized spacial score (nSPS) is 27.6. The Morgan fingerprint density at radius 1 is 1.17 bits per heavy atom. The third-order valence-electron chi connectivity index (χ3n) is 6.17. The van der Waals surface area contributed by atoms with Crippen molar-refractivity contribution in [3.8, 4) is 6.07 Å². The van der Waals surface area contributed by atoms with Gasteiger partial charge in [-0.25, -0.2) is 5.01 Å². The summed E-state index contributed by atoms with van der Waals surface area (Å²) < 4.78 is 5.49. The highest BCUT2D eigenvalue weighted by molar-refractivity contribution is 6.03. The van der Waals surface area contributed by atoms with E-state index in [1.165, 1.54) is 0 Å². The van der Waals surface area contributed by atoms with Gasteiger partial charge in [-0.1, -0.05) is 43.7 Å². The molecule has 1 aromatic rings. The van der Waals surface area contributed by atoms with E-state index in [2.05, 4.69) is 24.9 Å². The Morgan fingerprint density at radius 3 is 2.45 bits per heavy atom. The molecule has 0 bridgehead atoms. The lowest BCUT2D eigenvalue weighted by Crippen LogP contribution is -2.57. The van der Waals surface area contributed by atoms with E-state index in [0.29, 0.717) is 39.1 Å². The van der Waals surface area contributed by atoms with E-state index in [1.807, 2.05) is 36.2 Å². The minimum absolute atomic E-state index is 0.104. The predicted molar refractivity (Wildman–Crippen MR) is 110 cm³/mol. The molecule has 1 N–H and O–H groups in total. The Morgan fingerprint density at radius 2 is 1.83 bits per heavy atom. The summed E-state index contributed by atoms with van der Waals surface area (Å²) in [5, 5.41) is 22.9. The van der Waals surface area contributed by atoms with Crippen molar-refractivity contribution in [2.24, 2.45) is 11.3 Å². The van der Waals surface area contributed by atoms with Crippen LogP contribution in [0.5, 0.6) is 0 Å². The number of Topliss-reactive ketones (excluding diaryl/α,β-unsaturated/α-hetero) is 1. The summed E-state index contributed by atoms with van der Waals surface area (Å²) in [5.74, 6) is -0.703. The van der Waals surface area contributed by atoms with Crippen LogP contribution in [0.1, 0.15) is 43.7 Å². The molecule has 1 fully saturated rings. The van der Waals surface area contributed by atoms with Crippen LogP contribution in [0.4, 0.5) is 0 Å². The maximum atomic E-state index is 13.4. The van der Waals surface area contributed by atoms with E-state index >= 15 is 0 Å². The van der Waals surface area contributed by atoms with E-state index in [4.69, 9.17) is 10.1 Å². The van der Waals surface area contributed by atoms with E-state index in [-0.39, 0.29) is 23.0 Å². The number of allylic oxidation sites excluding steroid dienone is 2. The van der Waals surface area contributed by atoms with Gasteiger partial charge in [-0.05, 0) is 24.3 Å². The number of carbonyl (C=O) groups is 1. The molecular weight excluding hydrogens is 364 g/mol. The number of nitrogens with zero attached hydrogens (tertiary/aromatic N) is 3. The SMILES string of the molecule is Cc1ccc(C2C3=C(CC(C)(C)CC3=O)N(N3CCOCC3)C(=N)C2C#N)cc1. The van der Waals surface area contributed by atoms with Crippen LogP contribution in [0.25, 0.3) is 0 Å². The lowest BCUT2D eigenvalue weighted by molar-refractivity contribution is -0.119. The molecule has 4 rings (SSSR count). The highest BCUT2D eigenvalue weighted by atomic mass is 16.5. The second-order valence-corrected chi connectivity index (χ2v) is 9.06. The molecule has 0 radical (unpaired) electrons. The Labute approximate surface area is 172 Å². The summed E-state index contributed by atoms with van der Waals surface area (Å²) in [7, 11) is 0. The van der Waals surface area contributed by atoms with Gasteiger partial charge in [0, 0.05) is 36.7 Å². The Kier molecular flexibility index (Phi) is 5.05. The number of morpholine rings is 1. The van der Waals surface area contributed by atoms with Crippen molar-refractivity contribution >= 4 is 11.6 Å². The maximum Gasteiger partial charge on any atom is 0.161 e. The fraction of sp³-hybridized carbons (Fsp3) is 0.522. The number of nitriles is 1. The molecule has 0 spiro atoms. The van der Waals surface area contributed by atoms with E-state index < -0.39 is 5.92 Å². The first-order chi connectivity index (χ1) is 13.8. The van der Waals surface area contributed by atoms with Gasteiger partial charge in [0.25, 0.3) is 0 Å². The molecule has 2 atom stereocenters. The van der Waals surface area contributed by atoms with E-state index in [9.17, 15) is 10.1 Å². The summed E-state index contributed by atoms with van der Waals surface area (Å²) in [6.45, 7) is 8.71. The molecule has 2 unspecified atom stereocenters. The predicted octanol–water partition coefficient (Wildman–Crippen LogP) is 3.40. The van der Waals surface area contributed by atoms with Crippen LogP contribution in [-0.2, 0) is 9.53 Å². The number of amidine groups is 1. The maximum absolute atomic E-state index is 13.4. The lowest BCUT2D eigenvalue weighted by atomic mass is 9.67. The van der Waals surface area contributed by atoms with Crippen molar-refractivity contribution in [1.29, 1.82) is 10.7 Å². The number of ketones is 1. The second-order valence-electron chi connectivity index (χ2n) is 9.06. The van der Waals surface area contributed by atoms with Gasteiger partial charge in [0.1, 0.15) is 11.8 Å². The monoisotopic (exact) mass is 392 g/mol. The van der Waals surface area contributed by atoms with Crippen LogP contribution < -0.4 is 0 Å². The Hall–Kier alpha value is -2.49. The van der Waals surface area contributed by atoms with Crippen LogP contribution in [0.15, 0.2) is 35.5 Å². The summed E-state index contributed by atoms with van der Waals surface area (Å²) in [4.78, 5) is 13.4. The average Bonchev–Trinajstić information content (AvgIpc) is 2.67. The fourth-order valence-corrected chi connectivity index (χ4v) is 4.79. The fourth-order valence-electron chi connectivity index (χ4n) is 4.79. The Bertz CT molecular complexity index is 904. The molecule has 1 aliphatic carbocycles. The lowest BCUT2D eigenvalue weighted by Gasteiger charge is -2.50. The number of benzene rings is 1. The number of nitrogens with one attached hydrogen (secondary N) is 1. The zero-order chi connectivity index (χ0) is 20.8. The molecule has 1 aromatic carbocycles. The largest absolute Gasteiger partial charge is 0.379 e. The first kappa shape index (κ1) is 19.8. The van der Waals surface area contributed by atoms with Crippen LogP contribution in [0.2, 0.25) is 0 Å². The van der Waals surface area contributed by atoms with Crippen molar-refractivity contribution < 1.29 is 9.53 Å². The standard InChI is InChI=1S/C23H28N4O2/c1-15-4-6-16(7-5-15)20-17(14-24)22(25)27(26-8-10-29-11-9-26)18-12-23(2,3)13-19(28)21(18)20/h4-7,17,20,25H,8-13H2,1-3H3. The minimum Gasteiger partial charge on any atom is -0.379 e. The van der Waals surface area contributed by atoms with Gasteiger partial charge >= 0.3 is 0 Å². The highest BCUT2D eigenvalue weighted by Crippen LogP contribution is 2.49. The molecule has 2 aliphatic heterocycles. The van der Waals surface area contributed by atoms with Crippen molar-refractivity contribution in [2.75, 3.05) is 26.3 Å². The zero-order valence-electron chi connectivity index (χ0n) is 17.4. The van der Waals surface area contributed by atoms with Gasteiger partial charge in [-0.3, -0.25) is 15.2 Å². The molecule has 0 saturated carbocycles. The number of carbonyl (C=O) groups excluding carboxylic acids is 1. The molecule has 3 aliphatic rings. The van der Waals surface area contributed by atoms with Crippen molar-refractivity contribution in [1.82, 2.24) is 10.0 Å². The molecule has 152 valence electrons. The number of hydrazine groups is 1. The van der Waals surface area contributed by atoms with Crippen molar-refractivity contribution in [3.05, 3.63) is 46.7 Å². The highest BCUT2D eigenvalue weighted by Gasteiger charge is 2.49. The summed E-state index contributed by atoms with van der Waals surface area (Å²) in [6, 6.07) is 10.4. The Balaban J connectivity index is 1.90. The smallest absolute Gasteiger partial charge is 0.161 e. The summed E-state index contributed by atoms with van der Waals surface area (Å²) >= 11 is 0. The topological polar surface area (TPSA) is 80.4 Å². The number of hydrogen-bond acceptors (Lipinski definition) is 5. The first-order valence-electron chi connectivity index (χ1n) is 10.3. The second kappa shape index (κ2) is 7.40. The molecule has 6 heteroatoms. The summed E-state index contributed by atoms with van der Waals surface area (Å²) in [5.41, 5.74) is 3.53. The van der Waals surface area contributed by atoms with Crippen molar-refractivity contribution in [2.45, 2.75) is 39.5 Å². The van der Waals surface area contributed by atoms with Gasteiger partial charge in [-0.15, -0.1) is 0 Å². The van der Waals surface area contributed by atoms with Crippen molar-refractivity contribution in [3.63, 3.8) is 0 Å². The molecule has 0 amide bonds. The van der Waals surface area contributed by atoms with E-state index in [0.717, 1.165) is 22.4 Å². The van der Waals surface area contributed by atoms with Gasteiger partial charge in [0.2, 0.25) is 0 Å². The number of hydrogen-bond donors (Lipinski definition) is 1. The van der Waals surface area contributed by atoms with Gasteiger partial charge < -0.3 is 4.74 Å². The molecule has 29 heavy (non-hydrogen) atoms. The zero-order valence-corrected chi connectivity index (χ0v) is 17.4. The van der Waals surface area contributed by atoms with Crippen LogP contribution >= 0.6 is 0 Å². The molecule has 1 saturated heterocycles. The molecule has 6 nitrogen and oxygen atoms in total. The van der Waals surface area contributed by atoms with Gasteiger partial charge in [0.05, 0.1) is 19.3 Å². The quantitative estimate of drug-likeness (QED) is 0.834. The molecule has 2 heterocycles. The number of rotatable bonds is 2. The summed E-state index contributed by atoms with van der Waals surface area (Å²) in [6.07, 6.45) is 1.19. The third-order valence-corrected chi connectivity index (χ3v) is 6.17. The molecule has 0 aromatic heterocycles. The number of aryl methyl sites for hydroxylation is 1. The number of ether oxygens (including phenoxy) is 1. The first-order valence-corrected chi connectivity index (χ1v) is 10.3. The van der Waals surface area contributed by atoms with E-state index in [1.54, 1.807) is 0 Å².